The second-order valence-corrected chi connectivity index (χ2v) is 8.97. The third-order valence-corrected chi connectivity index (χ3v) is 6.76. The lowest BCUT2D eigenvalue weighted by Gasteiger charge is -2.24. The molecule has 1 saturated carbocycles. The van der Waals surface area contributed by atoms with Crippen molar-refractivity contribution in [1.82, 2.24) is 19.2 Å². The van der Waals surface area contributed by atoms with E-state index in [1.807, 2.05) is 6.92 Å². The Morgan fingerprint density at radius 2 is 1.81 bits per heavy atom. The van der Waals surface area contributed by atoms with Gasteiger partial charge in [-0.15, -0.1) is 0 Å². The molecule has 1 aromatic heterocycles. The van der Waals surface area contributed by atoms with Gasteiger partial charge in [-0.2, -0.15) is 5.10 Å². The van der Waals surface area contributed by atoms with Crippen molar-refractivity contribution >= 4 is 12.2 Å². The summed E-state index contributed by atoms with van der Waals surface area (Å²) in [4.78, 5) is 2.52. The maximum atomic E-state index is 5.92. The third-order valence-electron chi connectivity index (χ3n) is 6.33. The van der Waals surface area contributed by atoms with Crippen LogP contribution in [0.15, 0.2) is 54.6 Å². The van der Waals surface area contributed by atoms with E-state index in [2.05, 4.69) is 68.7 Å². The molecule has 2 fully saturated rings. The van der Waals surface area contributed by atoms with Crippen LogP contribution >= 0.6 is 12.2 Å². The Morgan fingerprint density at radius 3 is 2.52 bits per heavy atom. The summed E-state index contributed by atoms with van der Waals surface area (Å²) >= 11 is 5.92. The van der Waals surface area contributed by atoms with Crippen molar-refractivity contribution in [3.05, 3.63) is 76.3 Å². The topological polar surface area (TPSA) is 35.2 Å². The highest BCUT2D eigenvalue weighted by atomic mass is 32.1. The predicted octanol–water partition coefficient (Wildman–Crippen LogP) is 5.53. The first-order chi connectivity index (χ1) is 15.2. The van der Waals surface area contributed by atoms with E-state index >= 15 is 0 Å². The van der Waals surface area contributed by atoms with Crippen molar-refractivity contribution in [2.75, 3.05) is 13.2 Å². The first kappa shape index (κ1) is 20.5. The summed E-state index contributed by atoms with van der Waals surface area (Å²) in [5, 5.41) is 5.01. The van der Waals surface area contributed by atoms with E-state index in [1.165, 1.54) is 36.8 Å². The Morgan fingerprint density at radius 1 is 1.03 bits per heavy atom. The fourth-order valence-corrected chi connectivity index (χ4v) is 4.86. The van der Waals surface area contributed by atoms with E-state index in [0.29, 0.717) is 18.6 Å². The molecule has 5 rings (SSSR count). The zero-order valence-electron chi connectivity index (χ0n) is 18.1. The molecule has 1 atom stereocenters. The van der Waals surface area contributed by atoms with Crippen molar-refractivity contribution in [1.29, 1.82) is 0 Å². The van der Waals surface area contributed by atoms with Gasteiger partial charge in [0.15, 0.2) is 4.77 Å². The molecule has 0 amide bonds. The van der Waals surface area contributed by atoms with E-state index in [9.17, 15) is 0 Å². The lowest BCUT2D eigenvalue weighted by Crippen LogP contribution is -2.27. The van der Waals surface area contributed by atoms with Crippen LogP contribution in [0, 0.1) is 4.77 Å². The first-order valence-corrected chi connectivity index (χ1v) is 11.8. The monoisotopic (exact) mass is 434 g/mol. The van der Waals surface area contributed by atoms with E-state index < -0.39 is 0 Å². The summed E-state index contributed by atoms with van der Waals surface area (Å²) in [5.41, 5.74) is 2.62. The Balaban J connectivity index is 1.37. The molecule has 0 bridgehead atoms. The van der Waals surface area contributed by atoms with Gasteiger partial charge < -0.3 is 4.74 Å². The van der Waals surface area contributed by atoms with Gasteiger partial charge in [0.1, 0.15) is 11.6 Å². The van der Waals surface area contributed by atoms with Crippen molar-refractivity contribution in [2.45, 2.75) is 57.8 Å². The molecule has 3 aromatic rings. The molecule has 162 valence electrons. The van der Waals surface area contributed by atoms with Gasteiger partial charge >= 0.3 is 0 Å². The van der Waals surface area contributed by atoms with Crippen LogP contribution in [0.5, 0.6) is 5.75 Å². The molecule has 0 spiro atoms. The minimum atomic E-state index is 0.404. The normalized spacial score (nSPS) is 19.1. The van der Waals surface area contributed by atoms with Crippen molar-refractivity contribution in [3.8, 4) is 5.75 Å². The van der Waals surface area contributed by atoms with Crippen LogP contribution in [0.25, 0.3) is 0 Å². The molecule has 0 N–H and O–H groups in total. The summed E-state index contributed by atoms with van der Waals surface area (Å²) in [7, 11) is 0. The molecule has 2 aromatic carbocycles. The van der Waals surface area contributed by atoms with Gasteiger partial charge in [-0.3, -0.25) is 9.47 Å². The lowest BCUT2D eigenvalue weighted by atomic mass is 10.0. The van der Waals surface area contributed by atoms with E-state index in [4.69, 9.17) is 22.1 Å². The second-order valence-electron chi connectivity index (χ2n) is 8.60. The Kier molecular flexibility index (Phi) is 5.92. The number of rotatable bonds is 8. The molecule has 2 heterocycles. The van der Waals surface area contributed by atoms with Crippen molar-refractivity contribution in [2.24, 2.45) is 0 Å². The van der Waals surface area contributed by atoms with E-state index in [1.54, 1.807) is 0 Å². The SMILES string of the molecule is CCOc1ccc(C2CCCN2Cn2nc(C3CC3)n(Cc3ccccc3)c2=S)cc1. The molecule has 1 aliphatic heterocycles. The molecule has 5 nitrogen and oxygen atoms in total. The van der Waals surface area contributed by atoms with Gasteiger partial charge in [-0.05, 0) is 68.1 Å². The van der Waals surface area contributed by atoms with Gasteiger partial charge in [-0.1, -0.05) is 42.5 Å². The van der Waals surface area contributed by atoms with Crippen LogP contribution in [-0.4, -0.2) is 32.4 Å². The lowest BCUT2D eigenvalue weighted by molar-refractivity contribution is 0.189. The highest BCUT2D eigenvalue weighted by molar-refractivity contribution is 7.71. The maximum absolute atomic E-state index is 5.92. The van der Waals surface area contributed by atoms with Gasteiger partial charge in [0.25, 0.3) is 0 Å². The standard InChI is InChI=1S/C25H30N4OS/c1-2-30-22-14-12-20(13-15-22)23-9-6-16-27(23)18-29-25(31)28(24(26-29)21-10-11-21)17-19-7-4-3-5-8-19/h3-5,7-8,12-15,21,23H,2,6,9-11,16-18H2,1H3. The van der Waals surface area contributed by atoms with Crippen molar-refractivity contribution in [3.63, 3.8) is 0 Å². The number of benzene rings is 2. The summed E-state index contributed by atoms with van der Waals surface area (Å²) in [5.74, 6) is 2.66. The summed E-state index contributed by atoms with van der Waals surface area (Å²) in [6.45, 7) is 5.33. The minimum absolute atomic E-state index is 0.404. The highest BCUT2D eigenvalue weighted by Crippen LogP contribution is 2.40. The third kappa shape index (κ3) is 4.46. The quantitative estimate of drug-likeness (QED) is 0.437. The Bertz CT molecular complexity index is 1070. The molecule has 1 unspecified atom stereocenters. The van der Waals surface area contributed by atoms with Gasteiger partial charge in [0.05, 0.1) is 19.8 Å². The van der Waals surface area contributed by atoms with Gasteiger partial charge in [0, 0.05) is 18.5 Å². The number of ether oxygens (including phenoxy) is 1. The Hall–Kier alpha value is -2.44. The van der Waals surface area contributed by atoms with E-state index in [-0.39, 0.29) is 0 Å². The number of aromatic nitrogens is 3. The van der Waals surface area contributed by atoms with E-state index in [0.717, 1.165) is 36.1 Å². The second kappa shape index (κ2) is 8.97. The summed E-state index contributed by atoms with van der Waals surface area (Å²) in [6.07, 6.45) is 4.81. The molecule has 31 heavy (non-hydrogen) atoms. The van der Waals surface area contributed by atoms with Crippen LogP contribution in [0.1, 0.15) is 61.5 Å². The first-order valence-electron chi connectivity index (χ1n) is 11.4. The van der Waals surface area contributed by atoms with Gasteiger partial charge in [0.2, 0.25) is 0 Å². The zero-order chi connectivity index (χ0) is 21.2. The number of likely N-dealkylation sites (tertiary alicyclic amines) is 1. The molecule has 6 heteroatoms. The number of hydrogen-bond donors (Lipinski definition) is 0. The fourth-order valence-electron chi connectivity index (χ4n) is 4.61. The Labute approximate surface area is 189 Å². The summed E-state index contributed by atoms with van der Waals surface area (Å²) < 4.78 is 10.8. The van der Waals surface area contributed by atoms with Gasteiger partial charge in [-0.25, -0.2) is 4.68 Å². The highest BCUT2D eigenvalue weighted by Gasteiger charge is 2.32. The zero-order valence-corrected chi connectivity index (χ0v) is 18.9. The maximum Gasteiger partial charge on any atom is 0.199 e. The van der Waals surface area contributed by atoms with Crippen molar-refractivity contribution < 1.29 is 4.74 Å². The molecule has 2 aliphatic rings. The molecular formula is C25H30N4OS. The fraction of sp³-hybridized carbons (Fsp3) is 0.440. The largest absolute Gasteiger partial charge is 0.494 e. The van der Waals surface area contributed by atoms with Crippen LogP contribution in [0.3, 0.4) is 0 Å². The molecule has 0 radical (unpaired) electrons. The number of hydrogen-bond acceptors (Lipinski definition) is 4. The predicted molar refractivity (Wildman–Crippen MR) is 125 cm³/mol. The molecule has 1 aliphatic carbocycles. The van der Waals surface area contributed by atoms with Crippen LogP contribution in [0.4, 0.5) is 0 Å². The number of nitrogens with zero attached hydrogens (tertiary/aromatic N) is 4. The van der Waals surface area contributed by atoms with Crippen LogP contribution in [-0.2, 0) is 13.2 Å². The average molecular weight is 435 g/mol. The molecular weight excluding hydrogens is 404 g/mol. The smallest absolute Gasteiger partial charge is 0.199 e. The average Bonchev–Trinajstić information content (AvgIpc) is 3.47. The van der Waals surface area contributed by atoms with Crippen LogP contribution in [0.2, 0.25) is 0 Å². The van der Waals surface area contributed by atoms with Crippen LogP contribution < -0.4 is 4.74 Å². The minimum Gasteiger partial charge on any atom is -0.494 e. The summed E-state index contributed by atoms with van der Waals surface area (Å²) in [6, 6.07) is 19.5. The molecule has 1 saturated heterocycles.